The topological polar surface area (TPSA) is 75.4 Å². The molecule has 0 saturated carbocycles. The van der Waals surface area contributed by atoms with Gasteiger partial charge in [-0.2, -0.15) is 0 Å². The molecule has 0 bridgehead atoms. The zero-order valence-corrected chi connectivity index (χ0v) is 14.6. The lowest BCUT2D eigenvalue weighted by atomic mass is 10.2. The number of nitrogens with zero attached hydrogens (tertiary/aromatic N) is 1. The lowest BCUT2D eigenvalue weighted by Crippen LogP contribution is -2.41. The van der Waals surface area contributed by atoms with Crippen molar-refractivity contribution in [1.82, 2.24) is 9.62 Å². The zero-order valence-electron chi connectivity index (χ0n) is 13.0. The van der Waals surface area contributed by atoms with Gasteiger partial charge in [0.1, 0.15) is 4.90 Å². The van der Waals surface area contributed by atoms with E-state index >= 15 is 0 Å². The van der Waals surface area contributed by atoms with Gasteiger partial charge in [-0.15, -0.1) is 0 Å². The quantitative estimate of drug-likeness (QED) is 0.750. The Labute approximate surface area is 132 Å². The number of rotatable bonds is 7. The van der Waals surface area contributed by atoms with Gasteiger partial charge in [0.15, 0.2) is 0 Å². The second-order valence-electron chi connectivity index (χ2n) is 5.15. The van der Waals surface area contributed by atoms with E-state index in [9.17, 15) is 8.42 Å². The molecule has 0 spiro atoms. The molecule has 1 unspecified atom stereocenters. The first-order valence-electron chi connectivity index (χ1n) is 7.01. The van der Waals surface area contributed by atoms with Crippen molar-refractivity contribution >= 4 is 27.3 Å². The summed E-state index contributed by atoms with van der Waals surface area (Å²) in [6, 6.07) is 2.76. The molecule has 0 heterocycles. The molecule has 1 rings (SSSR count). The summed E-state index contributed by atoms with van der Waals surface area (Å²) < 4.78 is 27.5. The maximum atomic E-state index is 12.4. The summed E-state index contributed by atoms with van der Waals surface area (Å²) in [6.45, 7) is 10.1. The third kappa shape index (κ3) is 4.85. The van der Waals surface area contributed by atoms with Crippen LogP contribution in [0.15, 0.2) is 17.0 Å². The van der Waals surface area contributed by atoms with E-state index < -0.39 is 10.0 Å². The average molecular weight is 334 g/mol. The smallest absolute Gasteiger partial charge is 0.242 e. The van der Waals surface area contributed by atoms with Crippen LogP contribution in [0.3, 0.4) is 0 Å². The van der Waals surface area contributed by atoms with Crippen molar-refractivity contribution < 1.29 is 8.42 Å². The van der Waals surface area contributed by atoms with Crippen LogP contribution >= 0.6 is 11.6 Å². The van der Waals surface area contributed by atoms with Crippen LogP contribution in [-0.2, 0) is 10.0 Å². The SMILES string of the molecule is CCN(CC)CC(C)NS(=O)(=O)c1cc(N)c(C)cc1Cl. The predicted molar refractivity (Wildman–Crippen MR) is 88.2 cm³/mol. The van der Waals surface area contributed by atoms with Gasteiger partial charge in [-0.1, -0.05) is 25.4 Å². The monoisotopic (exact) mass is 333 g/mol. The van der Waals surface area contributed by atoms with Crippen LogP contribution < -0.4 is 10.5 Å². The van der Waals surface area contributed by atoms with Gasteiger partial charge in [-0.05, 0) is 44.6 Å². The summed E-state index contributed by atoms with van der Waals surface area (Å²) in [5.41, 5.74) is 6.95. The Bertz CT molecular complexity index is 586. The summed E-state index contributed by atoms with van der Waals surface area (Å²) in [5.74, 6) is 0. The van der Waals surface area contributed by atoms with Crippen molar-refractivity contribution in [3.8, 4) is 0 Å². The van der Waals surface area contributed by atoms with E-state index in [0.29, 0.717) is 12.2 Å². The summed E-state index contributed by atoms with van der Waals surface area (Å²) >= 11 is 6.04. The van der Waals surface area contributed by atoms with Gasteiger partial charge >= 0.3 is 0 Å². The van der Waals surface area contributed by atoms with E-state index in [-0.39, 0.29) is 16.0 Å². The van der Waals surface area contributed by atoms with Gasteiger partial charge < -0.3 is 10.6 Å². The third-order valence-electron chi connectivity index (χ3n) is 3.39. The molecule has 1 atom stereocenters. The number of nitrogens with two attached hydrogens (primary N) is 1. The number of likely N-dealkylation sites (N-methyl/N-ethyl adjacent to an activating group) is 1. The van der Waals surface area contributed by atoms with Gasteiger partial charge in [-0.25, -0.2) is 13.1 Å². The minimum Gasteiger partial charge on any atom is -0.398 e. The van der Waals surface area contributed by atoms with E-state index in [2.05, 4.69) is 9.62 Å². The predicted octanol–water partition coefficient (Wildman–Crippen LogP) is 2.24. The minimum atomic E-state index is -3.68. The largest absolute Gasteiger partial charge is 0.398 e. The first kappa shape index (κ1) is 18.2. The minimum absolute atomic E-state index is 0.0265. The molecule has 0 aliphatic heterocycles. The molecule has 3 N–H and O–H groups in total. The number of sulfonamides is 1. The zero-order chi connectivity index (χ0) is 16.2. The Morgan fingerprint density at radius 2 is 1.90 bits per heavy atom. The van der Waals surface area contributed by atoms with Crippen molar-refractivity contribution in [2.45, 2.75) is 38.6 Å². The van der Waals surface area contributed by atoms with Gasteiger partial charge in [0, 0.05) is 18.3 Å². The van der Waals surface area contributed by atoms with Crippen LogP contribution in [0.2, 0.25) is 5.02 Å². The molecular weight excluding hydrogens is 310 g/mol. The van der Waals surface area contributed by atoms with Crippen molar-refractivity contribution in [3.05, 3.63) is 22.7 Å². The molecule has 120 valence electrons. The Kier molecular flexibility index (Phi) is 6.46. The summed E-state index contributed by atoms with van der Waals surface area (Å²) in [6.07, 6.45) is 0. The first-order chi connectivity index (χ1) is 9.71. The molecule has 0 saturated heterocycles. The second kappa shape index (κ2) is 7.45. The van der Waals surface area contributed by atoms with E-state index in [4.69, 9.17) is 17.3 Å². The molecule has 0 amide bonds. The maximum absolute atomic E-state index is 12.4. The van der Waals surface area contributed by atoms with Crippen molar-refractivity contribution in [2.75, 3.05) is 25.4 Å². The average Bonchev–Trinajstić information content (AvgIpc) is 2.39. The highest BCUT2D eigenvalue weighted by Crippen LogP contribution is 2.26. The molecule has 21 heavy (non-hydrogen) atoms. The Morgan fingerprint density at radius 3 is 2.43 bits per heavy atom. The van der Waals surface area contributed by atoms with Gasteiger partial charge in [0.25, 0.3) is 0 Å². The fraction of sp³-hybridized carbons (Fsp3) is 0.571. The molecule has 1 aromatic carbocycles. The Hall–Kier alpha value is -0.820. The number of nitrogens with one attached hydrogen (secondary N) is 1. The third-order valence-corrected chi connectivity index (χ3v) is 5.45. The maximum Gasteiger partial charge on any atom is 0.242 e. The van der Waals surface area contributed by atoms with Crippen LogP contribution in [0.5, 0.6) is 0 Å². The van der Waals surface area contributed by atoms with Crippen LogP contribution in [0, 0.1) is 6.92 Å². The number of halogens is 1. The van der Waals surface area contributed by atoms with Crippen LogP contribution in [-0.4, -0.2) is 39.0 Å². The molecule has 1 aromatic rings. The first-order valence-corrected chi connectivity index (χ1v) is 8.87. The molecule has 0 aromatic heterocycles. The molecule has 5 nitrogen and oxygen atoms in total. The van der Waals surface area contributed by atoms with Gasteiger partial charge in [-0.3, -0.25) is 0 Å². The number of hydrogen-bond donors (Lipinski definition) is 2. The lowest BCUT2D eigenvalue weighted by molar-refractivity contribution is 0.282. The standard InChI is InChI=1S/C14H24ClN3O2S/c1-5-18(6-2)9-11(4)17-21(19,20)14-8-13(16)10(3)7-12(14)15/h7-8,11,17H,5-6,9,16H2,1-4H3. The van der Waals surface area contributed by atoms with E-state index in [0.717, 1.165) is 18.7 Å². The Morgan fingerprint density at radius 1 is 1.33 bits per heavy atom. The van der Waals surface area contributed by atoms with Gasteiger partial charge in [0.05, 0.1) is 5.02 Å². The van der Waals surface area contributed by atoms with Crippen LogP contribution in [0.1, 0.15) is 26.3 Å². The summed E-state index contributed by atoms with van der Waals surface area (Å²) in [7, 11) is -3.68. The van der Waals surface area contributed by atoms with Gasteiger partial charge in [0.2, 0.25) is 10.0 Å². The highest BCUT2D eigenvalue weighted by molar-refractivity contribution is 7.89. The molecule has 0 aliphatic carbocycles. The summed E-state index contributed by atoms with van der Waals surface area (Å²) in [5, 5.41) is 0.184. The summed E-state index contributed by atoms with van der Waals surface area (Å²) in [4.78, 5) is 2.18. The molecule has 7 heteroatoms. The van der Waals surface area contributed by atoms with Crippen LogP contribution in [0.25, 0.3) is 0 Å². The Balaban J connectivity index is 2.94. The normalized spacial score (nSPS) is 13.6. The second-order valence-corrected chi connectivity index (χ2v) is 7.24. The number of anilines is 1. The van der Waals surface area contributed by atoms with Crippen molar-refractivity contribution in [3.63, 3.8) is 0 Å². The van der Waals surface area contributed by atoms with Crippen LogP contribution in [0.4, 0.5) is 5.69 Å². The van der Waals surface area contributed by atoms with E-state index in [1.165, 1.54) is 6.07 Å². The number of nitrogen functional groups attached to an aromatic ring is 1. The molecule has 0 aliphatic rings. The molecule has 0 fully saturated rings. The highest BCUT2D eigenvalue weighted by atomic mass is 35.5. The number of benzene rings is 1. The molecule has 0 radical (unpaired) electrons. The van der Waals surface area contributed by atoms with Crippen molar-refractivity contribution in [1.29, 1.82) is 0 Å². The number of aryl methyl sites for hydroxylation is 1. The molecular formula is C14H24ClN3O2S. The van der Waals surface area contributed by atoms with E-state index in [1.807, 2.05) is 20.8 Å². The fourth-order valence-electron chi connectivity index (χ4n) is 2.11. The fourth-order valence-corrected chi connectivity index (χ4v) is 3.96. The number of hydrogen-bond acceptors (Lipinski definition) is 4. The van der Waals surface area contributed by atoms with E-state index in [1.54, 1.807) is 13.0 Å². The highest BCUT2D eigenvalue weighted by Gasteiger charge is 2.22. The van der Waals surface area contributed by atoms with Crippen molar-refractivity contribution in [2.24, 2.45) is 0 Å². The lowest BCUT2D eigenvalue weighted by Gasteiger charge is -2.23.